The van der Waals surface area contributed by atoms with Crippen molar-refractivity contribution in [3.8, 4) is 0 Å². The highest BCUT2D eigenvalue weighted by atomic mass is 16.3. The van der Waals surface area contributed by atoms with Crippen LogP contribution in [-0.2, 0) is 5.60 Å². The summed E-state index contributed by atoms with van der Waals surface area (Å²) in [6, 6.07) is 6.74. The first kappa shape index (κ1) is 11.6. The number of rotatable bonds is 1. The molecular weight excluding hydrogens is 198 g/mol. The highest BCUT2D eigenvalue weighted by Gasteiger charge is 2.40. The molecule has 0 bridgehead atoms. The van der Waals surface area contributed by atoms with Crippen molar-refractivity contribution in [3.63, 3.8) is 0 Å². The summed E-state index contributed by atoms with van der Waals surface area (Å²) in [6.45, 7) is 7.10. The monoisotopic (exact) mass is 219 g/mol. The minimum absolute atomic E-state index is 0.451. The molecule has 2 atom stereocenters. The van der Waals surface area contributed by atoms with Gasteiger partial charge < -0.3 is 10.0 Å². The van der Waals surface area contributed by atoms with E-state index in [0.717, 1.165) is 18.5 Å². The van der Waals surface area contributed by atoms with Gasteiger partial charge in [-0.25, -0.2) is 0 Å². The summed E-state index contributed by atoms with van der Waals surface area (Å²) in [5.74, 6) is 0. The van der Waals surface area contributed by atoms with Crippen molar-refractivity contribution in [3.05, 3.63) is 34.9 Å². The molecule has 88 valence electrons. The number of aryl methyl sites for hydroxylation is 2. The molecule has 0 amide bonds. The Morgan fingerprint density at radius 3 is 2.50 bits per heavy atom. The molecule has 0 aromatic heterocycles. The lowest BCUT2D eigenvalue weighted by Gasteiger charge is -2.23. The van der Waals surface area contributed by atoms with Crippen LogP contribution in [0.15, 0.2) is 18.2 Å². The Bertz CT molecular complexity index is 390. The van der Waals surface area contributed by atoms with E-state index in [1.54, 1.807) is 0 Å². The summed E-state index contributed by atoms with van der Waals surface area (Å²) in [6.07, 6.45) is 0.825. The van der Waals surface area contributed by atoms with E-state index in [9.17, 15) is 5.11 Å². The molecule has 2 nitrogen and oxygen atoms in total. The second kappa shape index (κ2) is 3.86. The first-order chi connectivity index (χ1) is 7.42. The van der Waals surface area contributed by atoms with Crippen LogP contribution < -0.4 is 0 Å². The number of benzene rings is 1. The summed E-state index contributed by atoms with van der Waals surface area (Å²) in [4.78, 5) is 2.22. The lowest BCUT2D eigenvalue weighted by molar-refractivity contribution is 0.0485. The molecule has 2 heteroatoms. The fourth-order valence-electron chi connectivity index (χ4n) is 2.52. The molecular formula is C14H21NO. The predicted molar refractivity (Wildman–Crippen MR) is 66.5 cm³/mol. The van der Waals surface area contributed by atoms with Crippen molar-refractivity contribution in [2.75, 3.05) is 13.6 Å². The SMILES string of the molecule is Cc1ccc(C2(O)CC(C)N(C)C2)cc1C. The van der Waals surface area contributed by atoms with E-state index in [-0.39, 0.29) is 0 Å². The number of likely N-dealkylation sites (N-methyl/N-ethyl adjacent to an activating group) is 1. The van der Waals surface area contributed by atoms with Crippen molar-refractivity contribution in [2.45, 2.75) is 38.8 Å². The summed E-state index contributed by atoms with van der Waals surface area (Å²) in [5, 5.41) is 10.7. The third-order valence-electron chi connectivity index (χ3n) is 3.94. The lowest BCUT2D eigenvalue weighted by atomic mass is 9.89. The fourth-order valence-corrected chi connectivity index (χ4v) is 2.52. The minimum Gasteiger partial charge on any atom is -0.384 e. The van der Waals surface area contributed by atoms with Gasteiger partial charge in [-0.05, 0) is 50.9 Å². The molecule has 16 heavy (non-hydrogen) atoms. The molecule has 0 radical (unpaired) electrons. The largest absolute Gasteiger partial charge is 0.384 e. The van der Waals surface area contributed by atoms with Crippen molar-refractivity contribution in [1.29, 1.82) is 0 Å². The number of hydrogen-bond donors (Lipinski definition) is 1. The Labute approximate surface area is 97.9 Å². The van der Waals surface area contributed by atoms with Gasteiger partial charge in [0, 0.05) is 12.6 Å². The Morgan fingerprint density at radius 2 is 2.00 bits per heavy atom. The van der Waals surface area contributed by atoms with E-state index in [1.807, 2.05) is 0 Å². The Kier molecular flexibility index (Phi) is 2.81. The van der Waals surface area contributed by atoms with E-state index in [4.69, 9.17) is 0 Å². The molecule has 1 aromatic rings. The normalized spacial score (nSPS) is 30.9. The number of nitrogens with zero attached hydrogens (tertiary/aromatic N) is 1. The van der Waals surface area contributed by atoms with E-state index in [2.05, 4.69) is 50.9 Å². The van der Waals surface area contributed by atoms with Gasteiger partial charge in [0.1, 0.15) is 5.60 Å². The van der Waals surface area contributed by atoms with Crippen LogP contribution >= 0.6 is 0 Å². The van der Waals surface area contributed by atoms with Crippen LogP contribution in [-0.4, -0.2) is 29.6 Å². The lowest BCUT2D eigenvalue weighted by Crippen LogP contribution is -2.29. The predicted octanol–water partition coefficient (Wildman–Crippen LogP) is 2.22. The maximum atomic E-state index is 10.7. The van der Waals surface area contributed by atoms with E-state index >= 15 is 0 Å². The first-order valence-electron chi connectivity index (χ1n) is 5.93. The van der Waals surface area contributed by atoms with Gasteiger partial charge in [-0.15, -0.1) is 0 Å². The number of β-amino-alcohol motifs (C(OH)–C–C–N with tert-alkyl or cyclic N) is 1. The molecule has 1 aromatic carbocycles. The van der Waals surface area contributed by atoms with Gasteiger partial charge in [-0.1, -0.05) is 18.2 Å². The van der Waals surface area contributed by atoms with Crippen LogP contribution in [0.2, 0.25) is 0 Å². The van der Waals surface area contributed by atoms with Gasteiger partial charge in [0.15, 0.2) is 0 Å². The second-order valence-electron chi connectivity index (χ2n) is 5.30. The minimum atomic E-state index is -0.660. The Hall–Kier alpha value is -0.860. The Morgan fingerprint density at radius 1 is 1.31 bits per heavy atom. The highest BCUT2D eigenvalue weighted by Crippen LogP contribution is 2.35. The molecule has 2 rings (SSSR count). The average Bonchev–Trinajstić information content (AvgIpc) is 2.46. The molecule has 1 aliphatic heterocycles. The van der Waals surface area contributed by atoms with Crippen molar-refractivity contribution >= 4 is 0 Å². The van der Waals surface area contributed by atoms with E-state index < -0.39 is 5.60 Å². The zero-order chi connectivity index (χ0) is 11.9. The summed E-state index contributed by atoms with van der Waals surface area (Å²) < 4.78 is 0. The van der Waals surface area contributed by atoms with Gasteiger partial charge in [0.05, 0.1) is 0 Å². The van der Waals surface area contributed by atoms with Crippen LogP contribution in [0, 0.1) is 13.8 Å². The summed E-state index contributed by atoms with van der Waals surface area (Å²) in [7, 11) is 2.07. The molecule has 1 fully saturated rings. The first-order valence-corrected chi connectivity index (χ1v) is 5.93. The maximum absolute atomic E-state index is 10.7. The van der Waals surface area contributed by atoms with Gasteiger partial charge >= 0.3 is 0 Å². The smallest absolute Gasteiger partial charge is 0.104 e. The van der Waals surface area contributed by atoms with Crippen molar-refractivity contribution in [2.24, 2.45) is 0 Å². The van der Waals surface area contributed by atoms with Crippen LogP contribution in [0.5, 0.6) is 0 Å². The zero-order valence-electron chi connectivity index (χ0n) is 10.6. The van der Waals surface area contributed by atoms with Gasteiger partial charge in [-0.2, -0.15) is 0 Å². The van der Waals surface area contributed by atoms with Crippen LogP contribution in [0.1, 0.15) is 30.0 Å². The van der Waals surface area contributed by atoms with Gasteiger partial charge in [0.2, 0.25) is 0 Å². The third-order valence-corrected chi connectivity index (χ3v) is 3.94. The molecule has 1 N–H and O–H groups in total. The molecule has 2 unspecified atom stereocenters. The quantitative estimate of drug-likeness (QED) is 0.783. The molecule has 1 saturated heterocycles. The average molecular weight is 219 g/mol. The van der Waals surface area contributed by atoms with Crippen molar-refractivity contribution in [1.82, 2.24) is 4.90 Å². The maximum Gasteiger partial charge on any atom is 0.104 e. The Balaban J connectivity index is 2.34. The molecule has 1 heterocycles. The molecule has 1 aliphatic rings. The summed E-state index contributed by atoms with van der Waals surface area (Å²) in [5.41, 5.74) is 2.94. The topological polar surface area (TPSA) is 23.5 Å². The van der Waals surface area contributed by atoms with Crippen LogP contribution in [0.25, 0.3) is 0 Å². The second-order valence-corrected chi connectivity index (χ2v) is 5.30. The zero-order valence-corrected chi connectivity index (χ0v) is 10.6. The van der Waals surface area contributed by atoms with Gasteiger partial charge in [-0.3, -0.25) is 0 Å². The summed E-state index contributed by atoms with van der Waals surface area (Å²) >= 11 is 0. The number of likely N-dealkylation sites (tertiary alicyclic amines) is 1. The van der Waals surface area contributed by atoms with Crippen LogP contribution in [0.3, 0.4) is 0 Å². The van der Waals surface area contributed by atoms with E-state index in [0.29, 0.717) is 6.04 Å². The standard InChI is InChI=1S/C14H21NO/c1-10-5-6-13(7-11(10)2)14(16)8-12(3)15(4)9-14/h5-7,12,16H,8-9H2,1-4H3. The number of aliphatic hydroxyl groups is 1. The molecule has 0 spiro atoms. The third kappa shape index (κ3) is 1.87. The van der Waals surface area contributed by atoms with Crippen LogP contribution in [0.4, 0.5) is 0 Å². The van der Waals surface area contributed by atoms with Gasteiger partial charge in [0.25, 0.3) is 0 Å². The van der Waals surface area contributed by atoms with E-state index in [1.165, 1.54) is 11.1 Å². The molecule has 0 saturated carbocycles. The van der Waals surface area contributed by atoms with Crippen molar-refractivity contribution < 1.29 is 5.11 Å². The molecule has 0 aliphatic carbocycles. The highest BCUT2D eigenvalue weighted by molar-refractivity contribution is 5.34. The number of hydrogen-bond acceptors (Lipinski definition) is 2. The fraction of sp³-hybridized carbons (Fsp3) is 0.571.